The largest absolute Gasteiger partial charge is 0.416 e. The van der Waals surface area contributed by atoms with E-state index in [1.54, 1.807) is 6.92 Å². The molecule has 0 spiro atoms. The van der Waals surface area contributed by atoms with Crippen molar-refractivity contribution in [1.82, 2.24) is 4.90 Å². The monoisotopic (exact) mass is 303 g/mol. The van der Waals surface area contributed by atoms with E-state index in [4.69, 9.17) is 9.84 Å². The van der Waals surface area contributed by atoms with Crippen molar-refractivity contribution in [3.63, 3.8) is 0 Å². The van der Waals surface area contributed by atoms with E-state index in [1.165, 1.54) is 17.0 Å². The summed E-state index contributed by atoms with van der Waals surface area (Å²) in [6.45, 7) is 2.09. The lowest BCUT2D eigenvalue weighted by Gasteiger charge is -2.37. The third-order valence-electron chi connectivity index (χ3n) is 3.43. The Bertz CT molecular complexity index is 501. The highest BCUT2D eigenvalue weighted by molar-refractivity contribution is 5.94. The van der Waals surface area contributed by atoms with E-state index >= 15 is 0 Å². The molecule has 1 aromatic carbocycles. The van der Waals surface area contributed by atoms with Crippen molar-refractivity contribution in [3.8, 4) is 0 Å². The fourth-order valence-corrected chi connectivity index (χ4v) is 2.18. The minimum Gasteiger partial charge on any atom is -0.394 e. The smallest absolute Gasteiger partial charge is 0.394 e. The first-order chi connectivity index (χ1) is 9.82. The van der Waals surface area contributed by atoms with Crippen molar-refractivity contribution in [1.29, 1.82) is 0 Å². The van der Waals surface area contributed by atoms with E-state index in [-0.39, 0.29) is 37.3 Å². The van der Waals surface area contributed by atoms with Crippen LogP contribution in [0.2, 0.25) is 0 Å². The van der Waals surface area contributed by atoms with Crippen LogP contribution in [0.25, 0.3) is 0 Å². The van der Waals surface area contributed by atoms with E-state index < -0.39 is 17.8 Å². The van der Waals surface area contributed by atoms with Gasteiger partial charge in [-0.2, -0.15) is 13.2 Å². The number of nitrogens with zero attached hydrogens (tertiary/aromatic N) is 1. The summed E-state index contributed by atoms with van der Waals surface area (Å²) in [6.07, 6.45) is -4.88. The molecule has 0 aliphatic carbocycles. The van der Waals surface area contributed by atoms with Crippen LogP contribution < -0.4 is 0 Å². The molecular formula is C14H16F3NO3. The molecule has 1 N–H and O–H groups in total. The van der Waals surface area contributed by atoms with Crippen LogP contribution in [0.15, 0.2) is 24.3 Å². The number of rotatable bonds is 2. The molecule has 2 rings (SSSR count). The minimum atomic E-state index is -4.42. The molecule has 116 valence electrons. The molecule has 1 aliphatic heterocycles. The molecule has 0 saturated carbocycles. The summed E-state index contributed by atoms with van der Waals surface area (Å²) in [5.41, 5.74) is -0.601. The molecule has 1 heterocycles. The normalized spacial score (nSPS) is 23.2. The van der Waals surface area contributed by atoms with Gasteiger partial charge in [-0.25, -0.2) is 0 Å². The van der Waals surface area contributed by atoms with Crippen LogP contribution >= 0.6 is 0 Å². The predicted molar refractivity (Wildman–Crippen MR) is 68.8 cm³/mol. The zero-order chi connectivity index (χ0) is 15.6. The summed E-state index contributed by atoms with van der Waals surface area (Å²) >= 11 is 0. The van der Waals surface area contributed by atoms with E-state index in [2.05, 4.69) is 0 Å². The SMILES string of the molecule is CC1COC(CO)CN1C(=O)c1ccc(C(F)(F)F)cc1. The highest BCUT2D eigenvalue weighted by atomic mass is 19.4. The number of carbonyl (C=O) groups excluding carboxylic acids is 1. The quantitative estimate of drug-likeness (QED) is 0.908. The van der Waals surface area contributed by atoms with Crippen molar-refractivity contribution < 1.29 is 27.8 Å². The first-order valence-electron chi connectivity index (χ1n) is 6.53. The maximum Gasteiger partial charge on any atom is 0.416 e. The van der Waals surface area contributed by atoms with Crippen LogP contribution in [0, 0.1) is 0 Å². The zero-order valence-electron chi connectivity index (χ0n) is 11.4. The van der Waals surface area contributed by atoms with Gasteiger partial charge in [0.25, 0.3) is 5.91 Å². The number of benzene rings is 1. The Hall–Kier alpha value is -1.60. The van der Waals surface area contributed by atoms with Crippen LogP contribution in [0.5, 0.6) is 0 Å². The second-order valence-electron chi connectivity index (χ2n) is 5.02. The van der Waals surface area contributed by atoms with Gasteiger partial charge in [0.2, 0.25) is 0 Å². The maximum absolute atomic E-state index is 12.5. The molecule has 1 fully saturated rings. The predicted octanol–water partition coefficient (Wildman–Crippen LogP) is 1.93. The average molecular weight is 303 g/mol. The lowest BCUT2D eigenvalue weighted by molar-refractivity contribution is -0.137. The molecule has 4 nitrogen and oxygen atoms in total. The van der Waals surface area contributed by atoms with Crippen molar-refractivity contribution in [2.45, 2.75) is 25.2 Å². The number of aliphatic hydroxyl groups excluding tert-OH is 1. The van der Waals surface area contributed by atoms with Gasteiger partial charge in [0.1, 0.15) is 0 Å². The minimum absolute atomic E-state index is 0.188. The van der Waals surface area contributed by atoms with E-state index in [0.29, 0.717) is 0 Å². The van der Waals surface area contributed by atoms with E-state index in [0.717, 1.165) is 12.1 Å². The van der Waals surface area contributed by atoms with Crippen LogP contribution in [0.4, 0.5) is 13.2 Å². The van der Waals surface area contributed by atoms with Crippen LogP contribution in [-0.4, -0.2) is 47.8 Å². The third kappa shape index (κ3) is 3.54. The van der Waals surface area contributed by atoms with Gasteiger partial charge in [0.05, 0.1) is 30.9 Å². The molecule has 2 unspecified atom stereocenters. The number of aliphatic hydroxyl groups is 1. The lowest BCUT2D eigenvalue weighted by atomic mass is 10.1. The molecule has 0 aromatic heterocycles. The standard InChI is InChI=1S/C14H16F3NO3/c1-9-8-21-12(7-19)6-18(9)13(20)10-2-4-11(5-3-10)14(15,16)17/h2-5,9,12,19H,6-8H2,1H3. The Balaban J connectivity index is 2.15. The third-order valence-corrected chi connectivity index (χ3v) is 3.43. The van der Waals surface area contributed by atoms with Gasteiger partial charge in [-0.15, -0.1) is 0 Å². The Kier molecular flexibility index (Phi) is 4.53. The molecule has 1 aliphatic rings. The van der Waals surface area contributed by atoms with Gasteiger partial charge in [-0.05, 0) is 31.2 Å². The van der Waals surface area contributed by atoms with Crippen molar-refractivity contribution in [2.24, 2.45) is 0 Å². The topological polar surface area (TPSA) is 49.8 Å². The highest BCUT2D eigenvalue weighted by Gasteiger charge is 2.32. The molecular weight excluding hydrogens is 287 g/mol. The van der Waals surface area contributed by atoms with Gasteiger partial charge < -0.3 is 14.7 Å². The number of carbonyl (C=O) groups is 1. The van der Waals surface area contributed by atoms with Crippen LogP contribution in [0.1, 0.15) is 22.8 Å². The molecule has 1 aromatic rings. The number of morpholine rings is 1. The van der Waals surface area contributed by atoms with Crippen LogP contribution in [0.3, 0.4) is 0 Å². The number of amides is 1. The summed E-state index contributed by atoms with van der Waals surface area (Å²) in [4.78, 5) is 13.8. The highest BCUT2D eigenvalue weighted by Crippen LogP contribution is 2.29. The molecule has 0 radical (unpaired) electrons. The molecule has 21 heavy (non-hydrogen) atoms. The molecule has 1 amide bonds. The fourth-order valence-electron chi connectivity index (χ4n) is 2.18. The second-order valence-corrected chi connectivity index (χ2v) is 5.02. The second kappa shape index (κ2) is 6.03. The van der Waals surface area contributed by atoms with Gasteiger partial charge in [0, 0.05) is 12.1 Å². The summed E-state index contributed by atoms with van der Waals surface area (Å²) in [7, 11) is 0. The lowest BCUT2D eigenvalue weighted by Crippen LogP contribution is -2.52. The van der Waals surface area contributed by atoms with Gasteiger partial charge in [-0.1, -0.05) is 0 Å². The fraction of sp³-hybridized carbons (Fsp3) is 0.500. The molecule has 7 heteroatoms. The number of alkyl halides is 3. The summed E-state index contributed by atoms with van der Waals surface area (Å²) in [5.74, 6) is -0.363. The van der Waals surface area contributed by atoms with Crippen molar-refractivity contribution in [2.75, 3.05) is 19.8 Å². The van der Waals surface area contributed by atoms with Gasteiger partial charge in [-0.3, -0.25) is 4.79 Å². The molecule has 0 bridgehead atoms. The van der Waals surface area contributed by atoms with Crippen molar-refractivity contribution >= 4 is 5.91 Å². The number of hydrogen-bond donors (Lipinski definition) is 1. The first kappa shape index (κ1) is 15.8. The Morgan fingerprint density at radius 2 is 2.00 bits per heavy atom. The Labute approximate surface area is 120 Å². The van der Waals surface area contributed by atoms with E-state index in [1.807, 2.05) is 0 Å². The number of hydrogen-bond acceptors (Lipinski definition) is 3. The Morgan fingerprint density at radius 3 is 2.52 bits per heavy atom. The summed E-state index contributed by atoms with van der Waals surface area (Å²) < 4.78 is 42.8. The number of halogens is 3. The summed E-state index contributed by atoms with van der Waals surface area (Å²) in [6, 6.07) is 3.93. The average Bonchev–Trinajstić information content (AvgIpc) is 2.46. The van der Waals surface area contributed by atoms with Gasteiger partial charge in [0.15, 0.2) is 0 Å². The Morgan fingerprint density at radius 1 is 1.38 bits per heavy atom. The molecule has 2 atom stereocenters. The van der Waals surface area contributed by atoms with Gasteiger partial charge >= 0.3 is 6.18 Å². The number of ether oxygens (including phenoxy) is 1. The van der Waals surface area contributed by atoms with Crippen molar-refractivity contribution in [3.05, 3.63) is 35.4 Å². The zero-order valence-corrected chi connectivity index (χ0v) is 11.4. The summed E-state index contributed by atoms with van der Waals surface area (Å²) in [5, 5.41) is 9.09. The molecule has 1 saturated heterocycles. The maximum atomic E-state index is 12.5. The first-order valence-corrected chi connectivity index (χ1v) is 6.53. The van der Waals surface area contributed by atoms with Crippen LogP contribution in [-0.2, 0) is 10.9 Å². The van der Waals surface area contributed by atoms with E-state index in [9.17, 15) is 18.0 Å².